The Hall–Kier alpha value is -2.40. The van der Waals surface area contributed by atoms with Crippen LogP contribution >= 0.6 is 11.6 Å². The molecule has 0 unspecified atom stereocenters. The number of rotatable bonds is 5. The second kappa shape index (κ2) is 8.54. The summed E-state index contributed by atoms with van der Waals surface area (Å²) in [5.74, 6) is -1.31. The molecule has 1 saturated heterocycles. The van der Waals surface area contributed by atoms with Crippen LogP contribution in [0.3, 0.4) is 0 Å². The Balaban J connectivity index is 2.13. The molecule has 0 spiro atoms. The Bertz CT molecular complexity index is 1030. The number of nitrogens with two attached hydrogens (primary N) is 2. The molecule has 3 rings (SSSR count). The first-order chi connectivity index (χ1) is 13.8. The topological polar surface area (TPSA) is 130 Å². The minimum atomic E-state index is -2.75. The molecule has 0 aliphatic carbocycles. The number of amides is 2. The summed E-state index contributed by atoms with van der Waals surface area (Å²) >= 11 is 6.28. The van der Waals surface area contributed by atoms with Crippen LogP contribution in [-0.2, 0) is 17.4 Å². The first kappa shape index (κ1) is 21.3. The molecule has 2 amide bonds. The summed E-state index contributed by atoms with van der Waals surface area (Å²) in [5, 5.41) is 11.2. The highest BCUT2D eigenvalue weighted by Gasteiger charge is 2.32. The minimum Gasteiger partial charge on any atom is -0.505 e. The summed E-state index contributed by atoms with van der Waals surface area (Å²) in [7, 11) is -2.75. The Labute approximate surface area is 173 Å². The number of anilines is 2. The van der Waals surface area contributed by atoms with Gasteiger partial charge in [0.25, 0.3) is 0 Å². The Kier molecular flexibility index (Phi) is 6.27. The number of aromatic hydroxyl groups is 1. The van der Waals surface area contributed by atoms with E-state index in [1.54, 1.807) is 0 Å². The van der Waals surface area contributed by atoms with Gasteiger partial charge in [-0.15, -0.1) is 0 Å². The molecule has 156 valence electrons. The maximum Gasteiger partial charge on any atom is 0.324 e. The number of thiol groups is 1. The molecule has 1 atom stereocenters. The standard InChI is InChI=1S/C18H20ClFN4O4S/c19-12-4-5-15(17(25)16(12)10-6-7-23(9-10)29(27)28)24(18(22)26)14-3-1-2-13(20)11(14)8-21/h1-5,10,25,29H,6-9,21H2,(H2,22,26)/t10-/m1/s1. The van der Waals surface area contributed by atoms with Crippen molar-refractivity contribution in [2.24, 2.45) is 11.5 Å². The van der Waals surface area contributed by atoms with E-state index in [0.717, 1.165) is 4.90 Å². The molecule has 1 heterocycles. The van der Waals surface area contributed by atoms with E-state index < -0.39 is 22.7 Å². The SMILES string of the molecule is NCc1c(F)cccc1N(C(N)=O)c1ccc(Cl)c([C@@H]2CCN([SH](=O)=O)C2)c1O. The predicted octanol–water partition coefficient (Wildman–Crippen LogP) is 2.18. The number of hydrogen-bond donors (Lipinski definition) is 4. The molecule has 11 heteroatoms. The zero-order chi connectivity index (χ0) is 21.3. The van der Waals surface area contributed by atoms with E-state index in [-0.39, 0.29) is 46.7 Å². The van der Waals surface area contributed by atoms with Crippen molar-refractivity contribution in [2.75, 3.05) is 18.0 Å². The summed E-state index contributed by atoms with van der Waals surface area (Å²) < 4.78 is 38.0. The molecule has 8 nitrogen and oxygen atoms in total. The van der Waals surface area contributed by atoms with Gasteiger partial charge in [0.2, 0.25) is 10.9 Å². The van der Waals surface area contributed by atoms with E-state index in [9.17, 15) is 22.7 Å². The normalized spacial score (nSPS) is 17.0. The maximum atomic E-state index is 14.2. The lowest BCUT2D eigenvalue weighted by molar-refractivity contribution is 0.256. The fourth-order valence-corrected chi connectivity index (χ4v) is 4.51. The summed E-state index contributed by atoms with van der Waals surface area (Å²) in [4.78, 5) is 13.2. The lowest BCUT2D eigenvalue weighted by Crippen LogP contribution is -2.33. The van der Waals surface area contributed by atoms with Crippen molar-refractivity contribution in [3.8, 4) is 5.75 Å². The minimum absolute atomic E-state index is 0.00200. The van der Waals surface area contributed by atoms with Gasteiger partial charge >= 0.3 is 6.03 Å². The molecule has 2 aromatic rings. The fraction of sp³-hybridized carbons (Fsp3) is 0.278. The molecule has 5 N–H and O–H groups in total. The average Bonchev–Trinajstić information content (AvgIpc) is 3.14. The van der Waals surface area contributed by atoms with Gasteiger partial charge in [0.1, 0.15) is 11.6 Å². The zero-order valence-corrected chi connectivity index (χ0v) is 16.9. The number of halogens is 2. The van der Waals surface area contributed by atoms with Crippen molar-refractivity contribution in [3.63, 3.8) is 0 Å². The number of carbonyl (C=O) groups excluding carboxylic acids is 1. The smallest absolute Gasteiger partial charge is 0.324 e. The van der Waals surface area contributed by atoms with Crippen LogP contribution in [0.2, 0.25) is 5.02 Å². The maximum absolute atomic E-state index is 14.2. The van der Waals surface area contributed by atoms with Gasteiger partial charge in [0.15, 0.2) is 0 Å². The highest BCUT2D eigenvalue weighted by Crippen LogP contribution is 2.45. The van der Waals surface area contributed by atoms with Gasteiger partial charge in [0.05, 0.1) is 11.4 Å². The van der Waals surface area contributed by atoms with Crippen LogP contribution in [0.5, 0.6) is 5.75 Å². The van der Waals surface area contributed by atoms with E-state index in [1.807, 2.05) is 0 Å². The summed E-state index contributed by atoms with van der Waals surface area (Å²) in [5.41, 5.74) is 11.6. The summed E-state index contributed by atoms with van der Waals surface area (Å²) in [6.45, 7) is 0.255. The number of hydrogen-bond acceptors (Lipinski definition) is 5. The number of nitrogens with zero attached hydrogens (tertiary/aromatic N) is 2. The monoisotopic (exact) mass is 442 g/mol. The fourth-order valence-electron chi connectivity index (χ4n) is 3.59. The number of phenolic OH excluding ortho intramolecular Hbond substituents is 1. The van der Waals surface area contributed by atoms with Gasteiger partial charge < -0.3 is 16.6 Å². The third-order valence-electron chi connectivity index (χ3n) is 4.95. The number of urea groups is 1. The van der Waals surface area contributed by atoms with Gasteiger partial charge in [-0.2, -0.15) is 0 Å². The third kappa shape index (κ3) is 4.01. The van der Waals surface area contributed by atoms with E-state index in [1.165, 1.54) is 34.6 Å². The van der Waals surface area contributed by atoms with Crippen molar-refractivity contribution in [1.29, 1.82) is 0 Å². The van der Waals surface area contributed by atoms with Crippen molar-refractivity contribution < 1.29 is 22.7 Å². The molecular weight excluding hydrogens is 423 g/mol. The van der Waals surface area contributed by atoms with Crippen molar-refractivity contribution in [3.05, 3.63) is 52.3 Å². The van der Waals surface area contributed by atoms with E-state index in [4.69, 9.17) is 23.1 Å². The lowest BCUT2D eigenvalue weighted by Gasteiger charge is -2.26. The van der Waals surface area contributed by atoms with Gasteiger partial charge in [-0.05, 0) is 30.7 Å². The zero-order valence-electron chi connectivity index (χ0n) is 15.2. The Morgan fingerprint density at radius 2 is 2.03 bits per heavy atom. The van der Waals surface area contributed by atoms with Crippen LogP contribution in [0, 0.1) is 5.82 Å². The van der Waals surface area contributed by atoms with E-state index in [2.05, 4.69) is 0 Å². The van der Waals surface area contributed by atoms with Crippen LogP contribution in [-0.4, -0.2) is 37.0 Å². The van der Waals surface area contributed by atoms with Gasteiger partial charge in [-0.1, -0.05) is 17.7 Å². The predicted molar refractivity (Wildman–Crippen MR) is 108 cm³/mol. The van der Waals surface area contributed by atoms with Crippen LogP contribution in [0.25, 0.3) is 0 Å². The van der Waals surface area contributed by atoms with Gasteiger partial charge in [0, 0.05) is 41.7 Å². The van der Waals surface area contributed by atoms with Crippen molar-refractivity contribution in [2.45, 2.75) is 18.9 Å². The van der Waals surface area contributed by atoms with Gasteiger partial charge in [-0.3, -0.25) is 4.90 Å². The molecule has 1 aliphatic rings. The highest BCUT2D eigenvalue weighted by atomic mass is 35.5. The summed E-state index contributed by atoms with van der Waals surface area (Å²) in [6, 6.07) is 5.97. The molecule has 0 aromatic heterocycles. The number of primary amides is 1. The molecule has 29 heavy (non-hydrogen) atoms. The third-order valence-corrected chi connectivity index (χ3v) is 6.10. The van der Waals surface area contributed by atoms with Crippen molar-refractivity contribution in [1.82, 2.24) is 4.31 Å². The van der Waals surface area contributed by atoms with Crippen LogP contribution in [0.15, 0.2) is 30.3 Å². The lowest BCUT2D eigenvalue weighted by atomic mass is 9.96. The molecular formula is C18H20ClFN4O4S. The first-order valence-corrected chi connectivity index (χ1v) is 10.2. The Morgan fingerprint density at radius 1 is 1.31 bits per heavy atom. The molecule has 1 aliphatic heterocycles. The summed E-state index contributed by atoms with van der Waals surface area (Å²) in [6.07, 6.45) is 0.449. The molecule has 0 saturated carbocycles. The van der Waals surface area contributed by atoms with Crippen LogP contribution in [0.4, 0.5) is 20.6 Å². The van der Waals surface area contributed by atoms with Crippen molar-refractivity contribution >= 4 is 39.9 Å². The molecule has 0 radical (unpaired) electrons. The van der Waals surface area contributed by atoms with Crippen LogP contribution in [0.1, 0.15) is 23.5 Å². The Morgan fingerprint density at radius 3 is 2.62 bits per heavy atom. The van der Waals surface area contributed by atoms with Crippen LogP contribution < -0.4 is 16.4 Å². The number of benzene rings is 2. The quantitative estimate of drug-likeness (QED) is 0.527. The number of carbonyl (C=O) groups is 1. The first-order valence-electron chi connectivity index (χ1n) is 8.73. The second-order valence-electron chi connectivity index (χ2n) is 6.58. The highest BCUT2D eigenvalue weighted by molar-refractivity contribution is 7.69. The largest absolute Gasteiger partial charge is 0.505 e. The molecule has 2 aromatic carbocycles. The number of phenols is 1. The van der Waals surface area contributed by atoms with E-state index >= 15 is 0 Å². The second-order valence-corrected chi connectivity index (χ2v) is 8.03. The average molecular weight is 443 g/mol. The molecule has 1 fully saturated rings. The van der Waals surface area contributed by atoms with E-state index in [0.29, 0.717) is 18.5 Å². The van der Waals surface area contributed by atoms with Gasteiger partial charge in [-0.25, -0.2) is 21.9 Å². The molecule has 0 bridgehead atoms.